The number of anilines is 3. The number of hydrogen-bond acceptors (Lipinski definition) is 5. The molecule has 0 aliphatic carbocycles. The molecule has 4 aromatic carbocycles. The number of imide groups is 1. The van der Waals surface area contributed by atoms with Crippen LogP contribution >= 0.6 is 23.4 Å². The average Bonchev–Trinajstić information content (AvgIpc) is 3.15. The Hall–Kier alpha value is -4.33. The van der Waals surface area contributed by atoms with Crippen molar-refractivity contribution >= 4 is 58.1 Å². The van der Waals surface area contributed by atoms with Gasteiger partial charge in [0, 0.05) is 16.3 Å². The standard InChI is InChI=1S/C30H22ClN3O3S/c1-19-11-13-20(14-12-19)32-26-27(30(37)34(29(26)36)22-7-3-2-4-8-22)38-23-17-15-21(16-18-23)33-28(35)24-9-5-6-10-25(24)31/h2-18,32H,1H3,(H,33,35). The van der Waals surface area contributed by atoms with Crippen LogP contribution in [0.3, 0.4) is 0 Å². The first kappa shape index (κ1) is 25.3. The van der Waals surface area contributed by atoms with Crippen LogP contribution in [0.1, 0.15) is 15.9 Å². The molecule has 38 heavy (non-hydrogen) atoms. The minimum absolute atomic E-state index is 0.212. The molecule has 3 amide bonds. The summed E-state index contributed by atoms with van der Waals surface area (Å²) in [4.78, 5) is 41.7. The number of benzene rings is 4. The van der Waals surface area contributed by atoms with Gasteiger partial charge in [0.25, 0.3) is 17.7 Å². The van der Waals surface area contributed by atoms with Gasteiger partial charge in [0.2, 0.25) is 0 Å². The largest absolute Gasteiger partial charge is 0.350 e. The molecular weight excluding hydrogens is 518 g/mol. The first-order chi connectivity index (χ1) is 18.4. The highest BCUT2D eigenvalue weighted by Gasteiger charge is 2.40. The Bertz CT molecular complexity index is 1550. The van der Waals surface area contributed by atoms with E-state index in [1.54, 1.807) is 72.8 Å². The molecule has 2 N–H and O–H groups in total. The number of halogens is 1. The van der Waals surface area contributed by atoms with Gasteiger partial charge in [0.1, 0.15) is 10.6 Å². The summed E-state index contributed by atoms with van der Waals surface area (Å²) in [6.07, 6.45) is 0. The van der Waals surface area contributed by atoms with Crippen molar-refractivity contribution in [2.45, 2.75) is 11.8 Å². The van der Waals surface area contributed by atoms with Crippen molar-refractivity contribution in [2.24, 2.45) is 0 Å². The van der Waals surface area contributed by atoms with E-state index in [0.717, 1.165) is 10.5 Å². The fourth-order valence-corrected chi connectivity index (χ4v) is 5.02. The van der Waals surface area contributed by atoms with E-state index in [2.05, 4.69) is 10.6 Å². The number of amides is 3. The zero-order valence-electron chi connectivity index (χ0n) is 20.3. The topological polar surface area (TPSA) is 78.5 Å². The van der Waals surface area contributed by atoms with Crippen molar-refractivity contribution in [3.05, 3.63) is 130 Å². The van der Waals surface area contributed by atoms with Crippen molar-refractivity contribution in [1.29, 1.82) is 0 Å². The maximum Gasteiger partial charge on any atom is 0.283 e. The van der Waals surface area contributed by atoms with Gasteiger partial charge in [-0.05, 0) is 67.6 Å². The van der Waals surface area contributed by atoms with E-state index in [9.17, 15) is 14.4 Å². The number of thioether (sulfide) groups is 1. The molecule has 188 valence electrons. The molecule has 0 bridgehead atoms. The van der Waals surface area contributed by atoms with Crippen LogP contribution in [0.2, 0.25) is 5.02 Å². The monoisotopic (exact) mass is 539 g/mol. The third kappa shape index (κ3) is 5.34. The summed E-state index contributed by atoms with van der Waals surface area (Å²) < 4.78 is 0. The van der Waals surface area contributed by atoms with Crippen molar-refractivity contribution in [2.75, 3.05) is 15.5 Å². The summed E-state index contributed by atoms with van der Waals surface area (Å²) in [7, 11) is 0. The van der Waals surface area contributed by atoms with Gasteiger partial charge >= 0.3 is 0 Å². The second-order valence-corrected chi connectivity index (χ2v) is 10.0. The van der Waals surface area contributed by atoms with Crippen LogP contribution in [0, 0.1) is 6.92 Å². The summed E-state index contributed by atoms with van der Waals surface area (Å²) in [6.45, 7) is 1.98. The Kier molecular flexibility index (Phi) is 7.31. The van der Waals surface area contributed by atoms with Crippen LogP contribution in [-0.2, 0) is 9.59 Å². The first-order valence-electron chi connectivity index (χ1n) is 11.8. The van der Waals surface area contributed by atoms with Crippen molar-refractivity contribution in [3.63, 3.8) is 0 Å². The summed E-state index contributed by atoms with van der Waals surface area (Å²) in [5.41, 5.74) is 3.45. The number of aryl methyl sites for hydroxylation is 1. The lowest BCUT2D eigenvalue weighted by atomic mass is 10.2. The minimum Gasteiger partial charge on any atom is -0.350 e. The Balaban J connectivity index is 1.40. The lowest BCUT2D eigenvalue weighted by Crippen LogP contribution is -2.32. The van der Waals surface area contributed by atoms with Crippen molar-refractivity contribution in [3.8, 4) is 0 Å². The molecule has 0 fully saturated rings. The quantitative estimate of drug-likeness (QED) is 0.250. The second-order valence-electron chi connectivity index (χ2n) is 8.54. The molecule has 5 rings (SSSR count). The van der Waals surface area contributed by atoms with E-state index in [1.807, 2.05) is 37.3 Å². The molecule has 1 heterocycles. The van der Waals surface area contributed by atoms with Crippen molar-refractivity contribution in [1.82, 2.24) is 0 Å². The number of hydrogen-bond donors (Lipinski definition) is 2. The van der Waals surface area contributed by atoms with E-state index >= 15 is 0 Å². The third-order valence-corrected chi connectivity index (χ3v) is 7.25. The van der Waals surface area contributed by atoms with Crippen LogP contribution in [0.25, 0.3) is 0 Å². The summed E-state index contributed by atoms with van der Waals surface area (Å²) in [6, 6.07) is 30.3. The van der Waals surface area contributed by atoms with E-state index in [1.165, 1.54) is 16.7 Å². The summed E-state index contributed by atoms with van der Waals surface area (Å²) in [5, 5.41) is 6.35. The predicted octanol–water partition coefficient (Wildman–Crippen LogP) is 6.89. The van der Waals surface area contributed by atoms with Gasteiger partial charge in [0.15, 0.2) is 0 Å². The van der Waals surface area contributed by atoms with Gasteiger partial charge in [-0.1, -0.05) is 71.4 Å². The molecule has 0 unspecified atom stereocenters. The molecule has 0 radical (unpaired) electrons. The second kappa shape index (κ2) is 11.0. The van der Waals surface area contributed by atoms with Crippen molar-refractivity contribution < 1.29 is 14.4 Å². The van der Waals surface area contributed by atoms with Gasteiger partial charge in [-0.2, -0.15) is 0 Å². The highest BCUT2D eigenvalue weighted by atomic mass is 35.5. The number of para-hydroxylation sites is 1. The number of carbonyl (C=O) groups is 3. The van der Waals surface area contributed by atoms with Gasteiger partial charge in [0.05, 0.1) is 16.3 Å². The lowest BCUT2D eigenvalue weighted by Gasteiger charge is -2.15. The molecule has 0 aromatic heterocycles. The maximum atomic E-state index is 13.5. The highest BCUT2D eigenvalue weighted by molar-refractivity contribution is 8.04. The molecule has 4 aromatic rings. The summed E-state index contributed by atoms with van der Waals surface area (Å²) >= 11 is 7.32. The normalized spacial score (nSPS) is 13.2. The number of nitrogens with one attached hydrogen (secondary N) is 2. The zero-order valence-corrected chi connectivity index (χ0v) is 21.8. The molecule has 0 saturated heterocycles. The van der Waals surface area contributed by atoms with E-state index in [0.29, 0.717) is 27.6 Å². The van der Waals surface area contributed by atoms with Crippen LogP contribution in [0.4, 0.5) is 17.1 Å². The fourth-order valence-electron chi connectivity index (χ4n) is 3.88. The molecule has 6 nitrogen and oxygen atoms in total. The minimum atomic E-state index is -0.423. The lowest BCUT2D eigenvalue weighted by molar-refractivity contribution is -0.120. The Morgan fingerprint density at radius 3 is 2.08 bits per heavy atom. The Morgan fingerprint density at radius 1 is 0.763 bits per heavy atom. The smallest absolute Gasteiger partial charge is 0.283 e. The van der Waals surface area contributed by atoms with Crippen LogP contribution in [0.15, 0.2) is 119 Å². The Morgan fingerprint density at radius 2 is 1.39 bits per heavy atom. The molecular formula is C30H22ClN3O3S. The number of nitrogens with zero attached hydrogens (tertiary/aromatic N) is 1. The third-order valence-electron chi connectivity index (χ3n) is 5.83. The fraction of sp³-hybridized carbons (Fsp3) is 0.0333. The van der Waals surface area contributed by atoms with Crippen LogP contribution in [-0.4, -0.2) is 17.7 Å². The van der Waals surface area contributed by atoms with Gasteiger partial charge in [-0.3, -0.25) is 14.4 Å². The Labute approximate surface area is 229 Å². The predicted molar refractivity (Wildman–Crippen MR) is 152 cm³/mol. The van der Waals surface area contributed by atoms with Crippen LogP contribution in [0.5, 0.6) is 0 Å². The molecule has 0 spiro atoms. The average molecular weight is 540 g/mol. The molecule has 1 aliphatic heterocycles. The molecule has 0 atom stereocenters. The maximum absolute atomic E-state index is 13.5. The van der Waals surface area contributed by atoms with Crippen LogP contribution < -0.4 is 15.5 Å². The number of carbonyl (C=O) groups excluding carboxylic acids is 3. The molecule has 0 saturated carbocycles. The highest BCUT2D eigenvalue weighted by Crippen LogP contribution is 2.38. The SMILES string of the molecule is Cc1ccc(NC2=C(Sc3ccc(NC(=O)c4ccccc4Cl)cc3)C(=O)N(c3ccccc3)C2=O)cc1. The van der Waals surface area contributed by atoms with E-state index in [-0.39, 0.29) is 16.5 Å². The molecule has 1 aliphatic rings. The summed E-state index contributed by atoms with van der Waals surface area (Å²) in [5.74, 6) is -1.15. The van der Waals surface area contributed by atoms with Gasteiger partial charge in [-0.15, -0.1) is 0 Å². The first-order valence-corrected chi connectivity index (χ1v) is 13.0. The molecule has 8 heteroatoms. The number of rotatable bonds is 7. The van der Waals surface area contributed by atoms with Gasteiger partial charge in [-0.25, -0.2) is 4.90 Å². The van der Waals surface area contributed by atoms with E-state index in [4.69, 9.17) is 11.6 Å². The van der Waals surface area contributed by atoms with E-state index < -0.39 is 11.8 Å². The van der Waals surface area contributed by atoms with Gasteiger partial charge < -0.3 is 10.6 Å². The zero-order chi connectivity index (χ0) is 26.6.